The van der Waals surface area contributed by atoms with E-state index in [1.807, 2.05) is 0 Å². The number of carbonyl (C=O) groups excluding carboxylic acids is 2. The van der Waals surface area contributed by atoms with E-state index >= 15 is 0 Å². The van der Waals surface area contributed by atoms with E-state index in [9.17, 15) is 9.59 Å². The van der Waals surface area contributed by atoms with Gasteiger partial charge in [-0.05, 0) is 118 Å². The molecule has 0 saturated heterocycles. The number of hydrogen-bond acceptors (Lipinski definition) is 3. The Bertz CT molecular complexity index is 879. The second-order valence-electron chi connectivity index (χ2n) is 15.6. The summed E-state index contributed by atoms with van der Waals surface area (Å²) in [6, 6.07) is 0. The molecule has 1 N–H and O–H groups in total. The summed E-state index contributed by atoms with van der Waals surface area (Å²) in [4.78, 5) is 22.3. The Hall–Kier alpha value is 1.17. The molecule has 6 heteroatoms. The van der Waals surface area contributed by atoms with Gasteiger partial charge in [0.1, 0.15) is 0 Å². The van der Waals surface area contributed by atoms with Crippen LogP contribution in [0.3, 0.4) is 0 Å². The van der Waals surface area contributed by atoms with Crippen LogP contribution in [0.25, 0.3) is 0 Å². The van der Waals surface area contributed by atoms with Crippen molar-refractivity contribution in [3.63, 3.8) is 0 Å². The first-order valence-electron chi connectivity index (χ1n) is 15.1. The van der Waals surface area contributed by atoms with Gasteiger partial charge in [-0.3, -0.25) is 11.1 Å². The van der Waals surface area contributed by atoms with Gasteiger partial charge in [-0.15, -0.1) is 0 Å². The molecule has 1 amide bonds. The molecular weight excluding hydrogens is 516 g/mol. The maximum atomic E-state index is 11.2. The summed E-state index contributed by atoms with van der Waals surface area (Å²) in [6.07, 6.45) is 12.5. The Morgan fingerprint density at radius 3 is 2.34 bits per heavy atom. The van der Waals surface area contributed by atoms with Gasteiger partial charge in [0.15, 0.2) is 0 Å². The SMILES string of the molecule is CC(CC[C-]=O)C1CC[C@H]2[C@H]3[C@H](CC(C)(C)[C@]12C)[C@@]1(C)CCC(C)(OCCNC(=O)P)C[C@H]1CC3(C)C.[K+]. The fraction of sp³-hybridized carbons (Fsp3) is 0.938. The molecule has 4 aliphatic carbocycles. The predicted octanol–water partition coefficient (Wildman–Crippen LogP) is 4.81. The standard InChI is InChI=1S/C32H55NO3P.K/c1-21(10-9-16-34)23-11-12-24-26-25(20-29(4,5)32(23,24)8)31(7)14-13-30(6,36-17-15-33-27(35)37)19-22(31)18-28(26,2)3;/h21-26H,9-15,17-20,37H2,1-8H3,(H,33,35);/q-1;+1/t21?,22-,23?,24+,25+,26+,30?,31+,32-;/m1./s1. The van der Waals surface area contributed by atoms with Crippen LogP contribution < -0.4 is 56.7 Å². The first-order valence-corrected chi connectivity index (χ1v) is 15.7. The summed E-state index contributed by atoms with van der Waals surface area (Å²) >= 11 is 0. The molecule has 10 atom stereocenters. The van der Waals surface area contributed by atoms with Gasteiger partial charge in [-0.2, -0.15) is 6.42 Å². The second kappa shape index (κ2) is 12.0. The van der Waals surface area contributed by atoms with Crippen molar-refractivity contribution >= 4 is 21.2 Å². The number of amides is 1. The van der Waals surface area contributed by atoms with Crippen molar-refractivity contribution < 1.29 is 65.7 Å². The summed E-state index contributed by atoms with van der Waals surface area (Å²) in [5.41, 5.74) is 1.13. The molecule has 0 aromatic carbocycles. The first kappa shape index (κ1) is 33.7. The fourth-order valence-electron chi connectivity index (χ4n) is 10.8. The topological polar surface area (TPSA) is 55.4 Å². The van der Waals surface area contributed by atoms with Crippen molar-refractivity contribution in [3.8, 4) is 0 Å². The summed E-state index contributed by atoms with van der Waals surface area (Å²) in [7, 11) is 2.18. The molecule has 0 aromatic rings. The summed E-state index contributed by atoms with van der Waals surface area (Å²) < 4.78 is 6.47. The average Bonchev–Trinajstić information content (AvgIpc) is 3.15. The third kappa shape index (κ3) is 5.85. The molecule has 4 aliphatic rings. The molecule has 38 heavy (non-hydrogen) atoms. The van der Waals surface area contributed by atoms with Crippen molar-refractivity contribution in [1.82, 2.24) is 5.32 Å². The van der Waals surface area contributed by atoms with Gasteiger partial charge in [0.05, 0.1) is 12.2 Å². The van der Waals surface area contributed by atoms with E-state index in [0.29, 0.717) is 53.6 Å². The first-order chi connectivity index (χ1) is 17.1. The van der Waals surface area contributed by atoms with Crippen LogP contribution in [-0.2, 0) is 9.53 Å². The molecular formula is C32H55KNO3P. The van der Waals surface area contributed by atoms with Gasteiger partial charge in [-0.1, -0.05) is 54.9 Å². The Labute approximate surface area is 278 Å². The van der Waals surface area contributed by atoms with Crippen LogP contribution in [0.1, 0.15) is 113 Å². The number of rotatable bonds is 8. The van der Waals surface area contributed by atoms with Crippen LogP contribution in [-0.4, -0.2) is 30.7 Å². The quantitative estimate of drug-likeness (QED) is 0.197. The van der Waals surface area contributed by atoms with Gasteiger partial charge < -0.3 is 14.8 Å². The zero-order valence-electron chi connectivity index (χ0n) is 26.0. The molecule has 0 spiro atoms. The van der Waals surface area contributed by atoms with Crippen LogP contribution in [0.4, 0.5) is 4.79 Å². The maximum Gasteiger partial charge on any atom is 1.00 e. The largest absolute Gasteiger partial charge is 1.00 e. The monoisotopic (exact) mass is 571 g/mol. The van der Waals surface area contributed by atoms with Crippen LogP contribution in [0, 0.1) is 57.2 Å². The van der Waals surface area contributed by atoms with Crippen molar-refractivity contribution in [2.45, 2.75) is 119 Å². The van der Waals surface area contributed by atoms with Gasteiger partial charge in [0, 0.05) is 6.54 Å². The maximum absolute atomic E-state index is 11.2. The van der Waals surface area contributed by atoms with Crippen LogP contribution in [0.5, 0.6) is 0 Å². The summed E-state index contributed by atoms with van der Waals surface area (Å²) in [5, 5.41) is 2.85. The van der Waals surface area contributed by atoms with Gasteiger partial charge >= 0.3 is 51.4 Å². The van der Waals surface area contributed by atoms with Crippen molar-refractivity contribution in [1.29, 1.82) is 0 Å². The van der Waals surface area contributed by atoms with Crippen LogP contribution in [0.2, 0.25) is 0 Å². The normalized spacial score (nSPS) is 43.6. The minimum absolute atomic E-state index is 0. The second-order valence-corrected chi connectivity index (χ2v) is 16.2. The van der Waals surface area contributed by atoms with E-state index in [1.54, 1.807) is 0 Å². The minimum atomic E-state index is -0.0963. The van der Waals surface area contributed by atoms with E-state index in [4.69, 9.17) is 4.74 Å². The number of fused-ring (bicyclic) bond motifs is 5. The Morgan fingerprint density at radius 2 is 1.71 bits per heavy atom. The van der Waals surface area contributed by atoms with Crippen LogP contribution >= 0.6 is 9.24 Å². The van der Waals surface area contributed by atoms with E-state index in [0.717, 1.165) is 37.0 Å². The zero-order valence-corrected chi connectivity index (χ0v) is 30.3. The van der Waals surface area contributed by atoms with Gasteiger partial charge in [0.25, 0.3) is 0 Å². The molecule has 4 nitrogen and oxygen atoms in total. The molecule has 0 radical (unpaired) electrons. The van der Waals surface area contributed by atoms with E-state index in [1.165, 1.54) is 32.1 Å². The third-order valence-corrected chi connectivity index (χ3v) is 13.2. The van der Waals surface area contributed by atoms with Gasteiger partial charge in [0.2, 0.25) is 5.65 Å². The molecule has 4 rings (SSSR count). The number of carbonyl (C=O) groups is 1. The summed E-state index contributed by atoms with van der Waals surface area (Å²) in [5.74, 6) is 4.26. The van der Waals surface area contributed by atoms with Crippen molar-refractivity contribution in [2.24, 2.45) is 57.2 Å². The molecule has 0 aromatic heterocycles. The molecule has 4 saturated carbocycles. The smallest absolute Gasteiger partial charge is 0.542 e. The third-order valence-electron chi connectivity index (χ3n) is 13.0. The van der Waals surface area contributed by atoms with E-state index in [-0.39, 0.29) is 68.0 Å². The van der Waals surface area contributed by atoms with E-state index < -0.39 is 0 Å². The van der Waals surface area contributed by atoms with E-state index in [2.05, 4.69) is 76.2 Å². The van der Waals surface area contributed by atoms with Crippen molar-refractivity contribution in [2.75, 3.05) is 13.2 Å². The average molecular weight is 572 g/mol. The Balaban J connectivity index is 0.00000400. The fourth-order valence-corrected chi connectivity index (χ4v) is 11.0. The molecule has 4 fully saturated rings. The zero-order chi connectivity index (χ0) is 27.4. The molecule has 0 bridgehead atoms. The van der Waals surface area contributed by atoms with Gasteiger partial charge in [-0.25, -0.2) is 0 Å². The number of hydrogen-bond donors (Lipinski definition) is 1. The summed E-state index contributed by atoms with van der Waals surface area (Å²) in [6.45, 7) is 21.5. The molecule has 212 valence electrons. The Kier molecular flexibility index (Phi) is 10.7. The Morgan fingerprint density at radius 1 is 1.03 bits per heavy atom. The number of nitrogens with one attached hydrogen (secondary N) is 1. The molecule has 4 unspecified atom stereocenters. The van der Waals surface area contributed by atoms with Crippen LogP contribution in [0.15, 0.2) is 0 Å². The predicted molar refractivity (Wildman–Crippen MR) is 155 cm³/mol. The minimum Gasteiger partial charge on any atom is -0.542 e. The number of ether oxygens (including phenoxy) is 1. The van der Waals surface area contributed by atoms with Crippen molar-refractivity contribution in [3.05, 3.63) is 0 Å². The molecule has 0 aliphatic heterocycles. The molecule has 0 heterocycles.